The van der Waals surface area contributed by atoms with Crippen LogP contribution in [0.1, 0.15) is 62.7 Å². The normalized spacial score (nSPS) is 17.4. The van der Waals surface area contributed by atoms with E-state index < -0.39 is 0 Å². The summed E-state index contributed by atoms with van der Waals surface area (Å²) in [5.41, 5.74) is 2.45. The summed E-state index contributed by atoms with van der Waals surface area (Å²) in [7, 11) is 0. The summed E-state index contributed by atoms with van der Waals surface area (Å²) in [4.78, 5) is 11.6. The highest BCUT2D eigenvalue weighted by Gasteiger charge is 2.31. The molecule has 2 nitrogen and oxygen atoms in total. The van der Waals surface area contributed by atoms with Gasteiger partial charge in [-0.2, -0.15) is 0 Å². The number of hydrogen-bond donors (Lipinski definition) is 1. The van der Waals surface area contributed by atoms with Crippen LogP contribution in [0.25, 0.3) is 0 Å². The van der Waals surface area contributed by atoms with Gasteiger partial charge in [0.1, 0.15) is 0 Å². The van der Waals surface area contributed by atoms with Crippen LogP contribution in [0.5, 0.6) is 0 Å². The third kappa shape index (κ3) is 3.37. The van der Waals surface area contributed by atoms with Crippen LogP contribution in [0.3, 0.4) is 0 Å². The molecule has 0 saturated heterocycles. The van der Waals surface area contributed by atoms with Gasteiger partial charge in [0, 0.05) is 24.2 Å². The number of carbonyl (C=O) groups is 1. The lowest BCUT2D eigenvalue weighted by Gasteiger charge is -2.28. The van der Waals surface area contributed by atoms with Gasteiger partial charge in [0.25, 0.3) is 0 Å². The molecule has 1 aromatic carbocycles. The molecular formula is C17H25NO. The lowest BCUT2D eigenvalue weighted by atomic mass is 9.83. The zero-order valence-corrected chi connectivity index (χ0v) is 12.2. The second-order valence-corrected chi connectivity index (χ2v) is 5.77. The van der Waals surface area contributed by atoms with Gasteiger partial charge in [0.05, 0.1) is 0 Å². The fourth-order valence-electron chi connectivity index (χ4n) is 3.05. The average molecular weight is 259 g/mol. The number of benzene rings is 1. The molecule has 1 fully saturated rings. The highest BCUT2D eigenvalue weighted by molar-refractivity contribution is 5.96. The Morgan fingerprint density at radius 1 is 1.16 bits per heavy atom. The summed E-state index contributed by atoms with van der Waals surface area (Å²) in [6.07, 6.45) is 7.28. The van der Waals surface area contributed by atoms with Crippen molar-refractivity contribution in [2.45, 2.75) is 52.4 Å². The first-order valence-corrected chi connectivity index (χ1v) is 7.56. The minimum absolute atomic E-state index is 0.215. The smallest absolute Gasteiger partial charge is 0.162 e. The molecule has 1 saturated carbocycles. The molecule has 19 heavy (non-hydrogen) atoms. The fourth-order valence-corrected chi connectivity index (χ4v) is 3.05. The molecule has 0 bridgehead atoms. The lowest BCUT2D eigenvalue weighted by molar-refractivity contribution is 0.0988. The first-order valence-electron chi connectivity index (χ1n) is 7.56. The van der Waals surface area contributed by atoms with Crippen molar-refractivity contribution < 1.29 is 4.79 Å². The Kier molecular flexibility index (Phi) is 4.62. The third-order valence-corrected chi connectivity index (χ3v) is 4.61. The maximum atomic E-state index is 11.6. The van der Waals surface area contributed by atoms with Crippen LogP contribution in [0.2, 0.25) is 0 Å². The van der Waals surface area contributed by atoms with E-state index in [0.717, 1.165) is 17.8 Å². The molecule has 1 aliphatic carbocycles. The highest BCUT2D eigenvalue weighted by Crippen LogP contribution is 2.40. The van der Waals surface area contributed by atoms with Crippen molar-refractivity contribution >= 4 is 11.5 Å². The SMILES string of the molecule is CCC(=O)c1ccc(NCC2(CC)CCCC2)cc1. The number of carbonyl (C=O) groups excluding carboxylic acids is 1. The van der Waals surface area contributed by atoms with E-state index in [-0.39, 0.29) is 5.78 Å². The second kappa shape index (κ2) is 6.23. The molecule has 0 aromatic heterocycles. The minimum atomic E-state index is 0.215. The quantitative estimate of drug-likeness (QED) is 0.753. The molecule has 104 valence electrons. The molecule has 2 rings (SSSR count). The molecule has 0 spiro atoms. The Bertz CT molecular complexity index is 415. The molecule has 0 atom stereocenters. The van der Waals surface area contributed by atoms with E-state index in [1.54, 1.807) is 0 Å². The highest BCUT2D eigenvalue weighted by atomic mass is 16.1. The summed E-state index contributed by atoms with van der Waals surface area (Å²) < 4.78 is 0. The van der Waals surface area contributed by atoms with E-state index in [4.69, 9.17) is 0 Å². The molecule has 0 unspecified atom stereocenters. The number of nitrogens with one attached hydrogen (secondary N) is 1. The summed E-state index contributed by atoms with van der Waals surface area (Å²) in [6.45, 7) is 5.26. The molecule has 2 heteroatoms. The second-order valence-electron chi connectivity index (χ2n) is 5.77. The topological polar surface area (TPSA) is 29.1 Å². The Balaban J connectivity index is 1.94. The van der Waals surface area contributed by atoms with Crippen LogP contribution < -0.4 is 5.32 Å². The van der Waals surface area contributed by atoms with Crippen molar-refractivity contribution in [1.29, 1.82) is 0 Å². The summed E-state index contributed by atoms with van der Waals surface area (Å²) in [5, 5.41) is 3.55. The molecule has 1 aromatic rings. The standard InChI is InChI=1S/C17H25NO/c1-3-16(19)14-7-9-15(10-8-14)18-13-17(4-2)11-5-6-12-17/h7-10,18H,3-6,11-13H2,1-2H3. The molecule has 0 heterocycles. The number of hydrogen-bond acceptors (Lipinski definition) is 2. The van der Waals surface area contributed by atoms with Crippen LogP contribution in [-0.4, -0.2) is 12.3 Å². The molecule has 0 aliphatic heterocycles. The van der Waals surface area contributed by atoms with Gasteiger partial charge in [-0.1, -0.05) is 26.7 Å². The van der Waals surface area contributed by atoms with Crippen LogP contribution in [0, 0.1) is 5.41 Å². The maximum absolute atomic E-state index is 11.6. The summed E-state index contributed by atoms with van der Waals surface area (Å²) in [6, 6.07) is 7.92. The van der Waals surface area contributed by atoms with E-state index in [9.17, 15) is 4.79 Å². The summed E-state index contributed by atoms with van der Waals surface area (Å²) in [5.74, 6) is 0.215. The minimum Gasteiger partial charge on any atom is -0.384 e. The molecule has 0 amide bonds. The Morgan fingerprint density at radius 2 is 1.79 bits per heavy atom. The van der Waals surface area contributed by atoms with Gasteiger partial charge >= 0.3 is 0 Å². The van der Waals surface area contributed by atoms with E-state index in [0.29, 0.717) is 11.8 Å². The zero-order chi connectivity index (χ0) is 13.7. The first-order chi connectivity index (χ1) is 9.19. The van der Waals surface area contributed by atoms with Crippen molar-refractivity contribution in [2.75, 3.05) is 11.9 Å². The van der Waals surface area contributed by atoms with Gasteiger partial charge in [-0.25, -0.2) is 0 Å². The van der Waals surface area contributed by atoms with Crippen LogP contribution >= 0.6 is 0 Å². The number of ketones is 1. The predicted octanol–water partition coefficient (Wildman–Crippen LogP) is 4.66. The molecule has 0 radical (unpaired) electrons. The Morgan fingerprint density at radius 3 is 2.32 bits per heavy atom. The van der Waals surface area contributed by atoms with E-state index in [2.05, 4.69) is 12.2 Å². The Labute approximate surface area is 116 Å². The monoisotopic (exact) mass is 259 g/mol. The number of rotatable bonds is 6. The average Bonchev–Trinajstić information content (AvgIpc) is 2.94. The number of anilines is 1. The van der Waals surface area contributed by atoms with Gasteiger partial charge in [0.2, 0.25) is 0 Å². The van der Waals surface area contributed by atoms with Crippen LogP contribution in [-0.2, 0) is 0 Å². The van der Waals surface area contributed by atoms with Gasteiger partial charge < -0.3 is 5.32 Å². The van der Waals surface area contributed by atoms with Gasteiger partial charge in [-0.3, -0.25) is 4.79 Å². The van der Waals surface area contributed by atoms with Crippen LogP contribution in [0.15, 0.2) is 24.3 Å². The third-order valence-electron chi connectivity index (χ3n) is 4.61. The van der Waals surface area contributed by atoms with E-state index in [1.807, 2.05) is 31.2 Å². The molecule has 1 N–H and O–H groups in total. The maximum Gasteiger partial charge on any atom is 0.162 e. The van der Waals surface area contributed by atoms with Crippen molar-refractivity contribution in [2.24, 2.45) is 5.41 Å². The Hall–Kier alpha value is -1.31. The van der Waals surface area contributed by atoms with Gasteiger partial charge in [0.15, 0.2) is 5.78 Å². The largest absolute Gasteiger partial charge is 0.384 e. The predicted molar refractivity (Wildman–Crippen MR) is 80.7 cm³/mol. The van der Waals surface area contributed by atoms with Crippen molar-refractivity contribution in [3.8, 4) is 0 Å². The zero-order valence-electron chi connectivity index (χ0n) is 12.2. The van der Waals surface area contributed by atoms with Crippen molar-refractivity contribution in [1.82, 2.24) is 0 Å². The fraction of sp³-hybridized carbons (Fsp3) is 0.588. The first kappa shape index (κ1) is 14.1. The van der Waals surface area contributed by atoms with E-state index >= 15 is 0 Å². The van der Waals surface area contributed by atoms with Crippen LogP contribution in [0.4, 0.5) is 5.69 Å². The number of Topliss-reactive ketones (excluding diaryl/α,β-unsaturated/α-hetero) is 1. The van der Waals surface area contributed by atoms with Gasteiger partial charge in [-0.15, -0.1) is 0 Å². The van der Waals surface area contributed by atoms with Crippen molar-refractivity contribution in [3.05, 3.63) is 29.8 Å². The van der Waals surface area contributed by atoms with E-state index in [1.165, 1.54) is 32.1 Å². The lowest BCUT2D eigenvalue weighted by Crippen LogP contribution is -2.25. The molecular weight excluding hydrogens is 234 g/mol. The van der Waals surface area contributed by atoms with Crippen molar-refractivity contribution in [3.63, 3.8) is 0 Å². The molecule has 1 aliphatic rings. The van der Waals surface area contributed by atoms with Gasteiger partial charge in [-0.05, 0) is 48.9 Å². The summed E-state index contributed by atoms with van der Waals surface area (Å²) >= 11 is 0.